The van der Waals surface area contributed by atoms with E-state index in [2.05, 4.69) is 0 Å². The Balaban J connectivity index is 4.67. The zero-order chi connectivity index (χ0) is 10.5. The summed E-state index contributed by atoms with van der Waals surface area (Å²) in [5.74, 6) is 0. The maximum atomic E-state index is 8.59. The van der Waals surface area contributed by atoms with E-state index in [1.807, 2.05) is 26.0 Å². The molecule has 0 spiro atoms. The fraction of sp³-hybridized carbons (Fsp3) is 0.600. The van der Waals surface area contributed by atoms with Gasteiger partial charge in [-0.25, -0.2) is 0 Å². The van der Waals surface area contributed by atoms with Crippen LogP contribution in [0.3, 0.4) is 0 Å². The second-order valence-electron chi connectivity index (χ2n) is 3.52. The molecule has 0 fully saturated rings. The first-order valence-electron chi connectivity index (χ1n) is 4.02. The van der Waals surface area contributed by atoms with Crippen LogP contribution in [0.15, 0.2) is 11.1 Å². The summed E-state index contributed by atoms with van der Waals surface area (Å²) in [6, 6.07) is 3.72. The summed E-state index contributed by atoms with van der Waals surface area (Å²) in [6.45, 7) is 5.62. The number of ether oxygens (including phenoxy) is 1. The van der Waals surface area contributed by atoms with Crippen molar-refractivity contribution in [1.82, 2.24) is 0 Å². The maximum absolute atomic E-state index is 8.59. The second kappa shape index (κ2) is 4.64. The summed E-state index contributed by atoms with van der Waals surface area (Å²) in [7, 11) is 1.62. The molecule has 0 unspecified atom stereocenters. The Hall–Kier alpha value is -1.32. The van der Waals surface area contributed by atoms with Gasteiger partial charge in [-0.3, -0.25) is 0 Å². The van der Waals surface area contributed by atoms with Crippen LogP contribution in [-0.2, 0) is 4.74 Å². The Labute approximate surface area is 79.2 Å². The lowest BCUT2D eigenvalue weighted by Crippen LogP contribution is -2.22. The predicted molar refractivity (Wildman–Crippen MR) is 49.6 cm³/mol. The molecule has 0 atom stereocenters. The summed E-state index contributed by atoms with van der Waals surface area (Å²) in [6.07, 6.45) is 0.597. The molecule has 13 heavy (non-hydrogen) atoms. The van der Waals surface area contributed by atoms with Crippen LogP contribution >= 0.6 is 0 Å². The summed E-state index contributed by atoms with van der Waals surface area (Å²) < 4.78 is 5.19. The van der Waals surface area contributed by atoms with Crippen LogP contribution in [0.25, 0.3) is 0 Å². The number of nitriles is 2. The molecular formula is C10H14N2O. The third-order valence-corrected chi connectivity index (χ3v) is 1.89. The Bertz CT molecular complexity index is 273. The summed E-state index contributed by atoms with van der Waals surface area (Å²) >= 11 is 0. The van der Waals surface area contributed by atoms with Gasteiger partial charge < -0.3 is 4.74 Å². The molecule has 0 saturated heterocycles. The Morgan fingerprint density at radius 1 is 1.31 bits per heavy atom. The molecule has 0 N–H and O–H groups in total. The van der Waals surface area contributed by atoms with E-state index in [-0.39, 0.29) is 11.2 Å². The van der Waals surface area contributed by atoms with Crippen molar-refractivity contribution in [3.05, 3.63) is 11.1 Å². The molecule has 3 nitrogen and oxygen atoms in total. The van der Waals surface area contributed by atoms with Crippen molar-refractivity contribution >= 4 is 0 Å². The lowest BCUT2D eigenvalue weighted by Gasteiger charge is -2.22. The summed E-state index contributed by atoms with van der Waals surface area (Å²) in [4.78, 5) is 0. The zero-order valence-electron chi connectivity index (χ0n) is 8.51. The first-order chi connectivity index (χ1) is 5.96. The van der Waals surface area contributed by atoms with Crippen molar-refractivity contribution in [3.63, 3.8) is 0 Å². The third-order valence-electron chi connectivity index (χ3n) is 1.89. The van der Waals surface area contributed by atoms with Gasteiger partial charge in [-0.2, -0.15) is 10.5 Å². The Kier molecular flexibility index (Phi) is 4.17. The standard InChI is InChI=1S/C10H14N2O/c1-8(9(6-11)7-12)5-10(2,3)13-4/h5H2,1-4H3. The van der Waals surface area contributed by atoms with Crippen LogP contribution in [0.4, 0.5) is 0 Å². The Morgan fingerprint density at radius 2 is 1.77 bits per heavy atom. The first-order valence-corrected chi connectivity index (χ1v) is 4.02. The molecule has 0 aromatic heterocycles. The lowest BCUT2D eigenvalue weighted by molar-refractivity contribution is 0.0232. The van der Waals surface area contributed by atoms with Crippen LogP contribution < -0.4 is 0 Å². The van der Waals surface area contributed by atoms with Gasteiger partial charge in [0.1, 0.15) is 17.7 Å². The quantitative estimate of drug-likeness (QED) is 0.622. The minimum Gasteiger partial charge on any atom is -0.378 e. The second-order valence-corrected chi connectivity index (χ2v) is 3.52. The minimum atomic E-state index is -0.316. The fourth-order valence-electron chi connectivity index (χ4n) is 1.02. The van der Waals surface area contributed by atoms with E-state index >= 15 is 0 Å². The van der Waals surface area contributed by atoms with E-state index < -0.39 is 0 Å². The van der Waals surface area contributed by atoms with Gasteiger partial charge >= 0.3 is 0 Å². The average Bonchev–Trinajstić information content (AvgIpc) is 2.06. The van der Waals surface area contributed by atoms with E-state index in [1.165, 1.54) is 0 Å². The molecule has 0 rings (SSSR count). The van der Waals surface area contributed by atoms with Gasteiger partial charge in [-0.15, -0.1) is 0 Å². The van der Waals surface area contributed by atoms with Gasteiger partial charge in [-0.05, 0) is 32.8 Å². The monoisotopic (exact) mass is 178 g/mol. The SMILES string of the molecule is COC(C)(C)CC(C)=C(C#N)C#N. The topological polar surface area (TPSA) is 56.8 Å². The number of rotatable bonds is 3. The van der Waals surface area contributed by atoms with Crippen molar-refractivity contribution in [2.45, 2.75) is 32.8 Å². The van der Waals surface area contributed by atoms with Gasteiger partial charge in [-0.1, -0.05) is 0 Å². The number of nitrogens with zero attached hydrogens (tertiary/aromatic N) is 2. The highest BCUT2D eigenvalue weighted by atomic mass is 16.5. The van der Waals surface area contributed by atoms with Gasteiger partial charge in [0, 0.05) is 7.11 Å². The average molecular weight is 178 g/mol. The van der Waals surface area contributed by atoms with E-state index in [9.17, 15) is 0 Å². The highest BCUT2D eigenvalue weighted by Gasteiger charge is 2.18. The Morgan fingerprint density at radius 3 is 2.08 bits per heavy atom. The van der Waals surface area contributed by atoms with E-state index in [4.69, 9.17) is 15.3 Å². The number of methoxy groups -OCH3 is 1. The number of hydrogen-bond acceptors (Lipinski definition) is 3. The number of hydrogen-bond donors (Lipinski definition) is 0. The number of allylic oxidation sites excluding steroid dienone is 1. The highest BCUT2D eigenvalue weighted by Crippen LogP contribution is 2.20. The highest BCUT2D eigenvalue weighted by molar-refractivity contribution is 5.39. The first kappa shape index (κ1) is 11.7. The molecule has 0 heterocycles. The van der Waals surface area contributed by atoms with Gasteiger partial charge in [0.05, 0.1) is 5.60 Å². The molecule has 0 aliphatic heterocycles. The molecule has 0 aliphatic rings. The summed E-state index contributed by atoms with van der Waals surface area (Å²) in [5.41, 5.74) is 0.644. The molecule has 70 valence electrons. The molecular weight excluding hydrogens is 164 g/mol. The third kappa shape index (κ3) is 3.73. The molecule has 0 aromatic carbocycles. The maximum Gasteiger partial charge on any atom is 0.128 e. The lowest BCUT2D eigenvalue weighted by atomic mass is 9.96. The molecule has 0 amide bonds. The smallest absolute Gasteiger partial charge is 0.128 e. The van der Waals surface area contributed by atoms with Crippen LogP contribution in [0, 0.1) is 22.7 Å². The van der Waals surface area contributed by atoms with Crippen molar-refractivity contribution in [3.8, 4) is 12.1 Å². The molecule has 0 saturated carbocycles. The van der Waals surface area contributed by atoms with Crippen molar-refractivity contribution in [1.29, 1.82) is 10.5 Å². The van der Waals surface area contributed by atoms with Crippen LogP contribution in [0.2, 0.25) is 0 Å². The molecule has 3 heteroatoms. The molecule has 0 aliphatic carbocycles. The van der Waals surface area contributed by atoms with Crippen LogP contribution in [-0.4, -0.2) is 12.7 Å². The van der Waals surface area contributed by atoms with Gasteiger partial charge in [0.15, 0.2) is 0 Å². The van der Waals surface area contributed by atoms with Crippen molar-refractivity contribution in [2.75, 3.05) is 7.11 Å². The van der Waals surface area contributed by atoms with Gasteiger partial charge in [0.2, 0.25) is 0 Å². The van der Waals surface area contributed by atoms with Gasteiger partial charge in [0.25, 0.3) is 0 Å². The van der Waals surface area contributed by atoms with E-state index in [0.717, 1.165) is 5.57 Å². The zero-order valence-corrected chi connectivity index (χ0v) is 8.51. The van der Waals surface area contributed by atoms with Crippen molar-refractivity contribution < 1.29 is 4.74 Å². The minimum absolute atomic E-state index is 0.185. The van der Waals surface area contributed by atoms with Crippen LogP contribution in [0.5, 0.6) is 0 Å². The van der Waals surface area contributed by atoms with Crippen molar-refractivity contribution in [2.24, 2.45) is 0 Å². The molecule has 0 bridgehead atoms. The van der Waals surface area contributed by atoms with E-state index in [0.29, 0.717) is 6.42 Å². The molecule has 0 radical (unpaired) electrons. The predicted octanol–water partition coefficient (Wildman–Crippen LogP) is 2.17. The van der Waals surface area contributed by atoms with E-state index in [1.54, 1.807) is 14.0 Å². The normalized spacial score (nSPS) is 10.0. The molecule has 0 aromatic rings. The largest absolute Gasteiger partial charge is 0.378 e. The summed E-state index contributed by atoms with van der Waals surface area (Å²) in [5, 5.41) is 17.2. The fourth-order valence-corrected chi connectivity index (χ4v) is 1.02. The van der Waals surface area contributed by atoms with Crippen LogP contribution in [0.1, 0.15) is 27.2 Å².